The minimum Gasteiger partial charge on any atom is -0.379 e. The zero-order chi connectivity index (χ0) is 20.2. The highest BCUT2D eigenvalue weighted by atomic mass is 35.5. The summed E-state index contributed by atoms with van der Waals surface area (Å²) in [6.45, 7) is 9.46. The molecular formula is C19H32ClN3O4S. The van der Waals surface area contributed by atoms with Gasteiger partial charge < -0.3 is 15.8 Å². The monoisotopic (exact) mass is 433 g/mol. The summed E-state index contributed by atoms with van der Waals surface area (Å²) in [5, 5.41) is 2.96. The number of rotatable bonds is 7. The SMILES string of the molecule is CCc1ccc(C(=O)NC(C)(CN)C(C)C)cc1S(=O)(=O)N1CCOCC1.Cl. The maximum Gasteiger partial charge on any atom is 0.251 e. The molecule has 1 aliphatic rings. The molecule has 0 radical (unpaired) electrons. The van der Waals surface area contributed by atoms with Crippen LogP contribution in [-0.2, 0) is 21.2 Å². The van der Waals surface area contributed by atoms with Crippen molar-refractivity contribution in [2.24, 2.45) is 11.7 Å². The number of nitrogens with one attached hydrogen (secondary N) is 1. The summed E-state index contributed by atoms with van der Waals surface area (Å²) in [6.07, 6.45) is 0.563. The Labute approximate surface area is 174 Å². The molecule has 0 aliphatic carbocycles. The Morgan fingerprint density at radius 2 is 1.93 bits per heavy atom. The van der Waals surface area contributed by atoms with Crippen LogP contribution in [0.15, 0.2) is 23.1 Å². The molecule has 0 spiro atoms. The third kappa shape index (κ3) is 5.24. The van der Waals surface area contributed by atoms with Crippen LogP contribution in [0.1, 0.15) is 43.6 Å². The van der Waals surface area contributed by atoms with E-state index in [2.05, 4.69) is 5.32 Å². The molecule has 1 aromatic carbocycles. The van der Waals surface area contributed by atoms with Crippen molar-refractivity contribution in [2.75, 3.05) is 32.8 Å². The summed E-state index contributed by atoms with van der Waals surface area (Å²) in [7, 11) is -3.68. The second kappa shape index (κ2) is 10.0. The van der Waals surface area contributed by atoms with Crippen LogP contribution in [0.4, 0.5) is 0 Å². The van der Waals surface area contributed by atoms with Gasteiger partial charge in [-0.2, -0.15) is 4.31 Å². The molecule has 9 heteroatoms. The fourth-order valence-electron chi connectivity index (χ4n) is 2.92. The molecule has 0 saturated carbocycles. The van der Waals surface area contributed by atoms with Gasteiger partial charge in [-0.1, -0.05) is 26.8 Å². The van der Waals surface area contributed by atoms with Crippen molar-refractivity contribution in [1.82, 2.24) is 9.62 Å². The summed E-state index contributed by atoms with van der Waals surface area (Å²) in [5.41, 5.74) is 6.30. The zero-order valence-corrected chi connectivity index (χ0v) is 18.7. The van der Waals surface area contributed by atoms with Gasteiger partial charge in [-0.15, -0.1) is 12.4 Å². The second-order valence-electron chi connectivity index (χ2n) is 7.42. The van der Waals surface area contributed by atoms with Crippen molar-refractivity contribution in [2.45, 2.75) is 44.6 Å². The van der Waals surface area contributed by atoms with Crippen LogP contribution in [0, 0.1) is 5.92 Å². The predicted molar refractivity (Wildman–Crippen MR) is 112 cm³/mol. The summed E-state index contributed by atoms with van der Waals surface area (Å²) < 4.78 is 32.9. The van der Waals surface area contributed by atoms with Crippen molar-refractivity contribution < 1.29 is 17.9 Å². The number of halogens is 1. The van der Waals surface area contributed by atoms with Gasteiger partial charge in [-0.25, -0.2) is 8.42 Å². The summed E-state index contributed by atoms with van der Waals surface area (Å²) >= 11 is 0. The van der Waals surface area contributed by atoms with Crippen LogP contribution >= 0.6 is 12.4 Å². The van der Waals surface area contributed by atoms with E-state index in [1.807, 2.05) is 27.7 Å². The number of hydrogen-bond acceptors (Lipinski definition) is 5. The molecule has 0 bridgehead atoms. The van der Waals surface area contributed by atoms with E-state index in [9.17, 15) is 13.2 Å². The average Bonchev–Trinajstić information content (AvgIpc) is 2.67. The number of amides is 1. The van der Waals surface area contributed by atoms with Gasteiger partial charge in [0.25, 0.3) is 5.91 Å². The van der Waals surface area contributed by atoms with Gasteiger partial charge in [-0.05, 0) is 37.0 Å². The number of benzene rings is 1. The second-order valence-corrected chi connectivity index (χ2v) is 9.33. The molecule has 1 heterocycles. The van der Waals surface area contributed by atoms with Crippen LogP contribution < -0.4 is 11.1 Å². The zero-order valence-electron chi connectivity index (χ0n) is 17.0. The molecule has 28 heavy (non-hydrogen) atoms. The molecule has 1 amide bonds. The largest absolute Gasteiger partial charge is 0.379 e. The number of aryl methyl sites for hydroxylation is 1. The van der Waals surface area contributed by atoms with Crippen LogP contribution in [0.25, 0.3) is 0 Å². The molecule has 3 N–H and O–H groups in total. The van der Waals surface area contributed by atoms with E-state index < -0.39 is 15.6 Å². The average molecular weight is 434 g/mol. The van der Waals surface area contributed by atoms with E-state index in [-0.39, 0.29) is 29.1 Å². The number of carbonyl (C=O) groups is 1. The van der Waals surface area contributed by atoms with E-state index in [1.165, 1.54) is 10.4 Å². The fourth-order valence-corrected chi connectivity index (χ4v) is 4.64. The van der Waals surface area contributed by atoms with Crippen molar-refractivity contribution in [3.63, 3.8) is 0 Å². The smallest absolute Gasteiger partial charge is 0.251 e. The van der Waals surface area contributed by atoms with E-state index in [4.69, 9.17) is 10.5 Å². The van der Waals surface area contributed by atoms with Crippen molar-refractivity contribution >= 4 is 28.3 Å². The van der Waals surface area contributed by atoms with E-state index in [0.717, 1.165) is 0 Å². The van der Waals surface area contributed by atoms with E-state index in [1.54, 1.807) is 12.1 Å². The van der Waals surface area contributed by atoms with Crippen LogP contribution in [0.2, 0.25) is 0 Å². The quantitative estimate of drug-likeness (QED) is 0.682. The van der Waals surface area contributed by atoms with Crippen LogP contribution in [0.3, 0.4) is 0 Å². The molecule has 1 unspecified atom stereocenters. The fraction of sp³-hybridized carbons (Fsp3) is 0.632. The normalized spacial score (nSPS) is 17.6. The van der Waals surface area contributed by atoms with Gasteiger partial charge in [0, 0.05) is 25.2 Å². The molecule has 7 nitrogen and oxygen atoms in total. The Bertz CT molecular complexity index is 779. The van der Waals surface area contributed by atoms with Crippen molar-refractivity contribution in [3.8, 4) is 0 Å². The van der Waals surface area contributed by atoms with E-state index in [0.29, 0.717) is 50.4 Å². The number of morpholine rings is 1. The minimum atomic E-state index is -3.68. The van der Waals surface area contributed by atoms with E-state index >= 15 is 0 Å². The van der Waals surface area contributed by atoms with Crippen molar-refractivity contribution in [3.05, 3.63) is 29.3 Å². The lowest BCUT2D eigenvalue weighted by Crippen LogP contribution is -2.55. The Balaban J connectivity index is 0.00000392. The third-order valence-corrected chi connectivity index (χ3v) is 7.38. The molecular weight excluding hydrogens is 402 g/mol. The molecule has 1 aliphatic heterocycles. The van der Waals surface area contributed by atoms with Gasteiger partial charge in [0.15, 0.2) is 0 Å². The molecule has 160 valence electrons. The van der Waals surface area contributed by atoms with Crippen LogP contribution in [0.5, 0.6) is 0 Å². The summed E-state index contributed by atoms with van der Waals surface area (Å²) in [5.74, 6) is -0.185. The molecule has 1 aromatic rings. The first-order chi connectivity index (χ1) is 12.7. The number of ether oxygens (including phenoxy) is 1. The number of hydrogen-bond donors (Lipinski definition) is 2. The van der Waals surface area contributed by atoms with Gasteiger partial charge in [0.05, 0.1) is 23.6 Å². The number of nitrogens with zero attached hydrogens (tertiary/aromatic N) is 1. The number of sulfonamides is 1. The Hall–Kier alpha value is -1.19. The molecule has 0 aromatic heterocycles. The lowest BCUT2D eigenvalue weighted by molar-refractivity contribution is 0.0730. The lowest BCUT2D eigenvalue weighted by atomic mass is 9.88. The minimum absolute atomic E-state index is 0. The molecule has 1 atom stereocenters. The standard InChI is InChI=1S/C19H31N3O4S.ClH/c1-5-15-6-7-16(18(23)21-19(4,13-20)14(2)3)12-17(15)27(24,25)22-8-10-26-11-9-22;/h6-7,12,14H,5,8-11,13,20H2,1-4H3,(H,21,23);1H. The first kappa shape index (κ1) is 24.8. The molecule has 1 saturated heterocycles. The molecule has 2 rings (SSSR count). The highest BCUT2D eigenvalue weighted by molar-refractivity contribution is 7.89. The Kier molecular flexibility index (Phi) is 8.90. The third-order valence-electron chi connectivity index (χ3n) is 5.40. The highest BCUT2D eigenvalue weighted by Crippen LogP contribution is 2.24. The maximum atomic E-state index is 13.1. The van der Waals surface area contributed by atoms with Crippen LogP contribution in [-0.4, -0.2) is 57.0 Å². The van der Waals surface area contributed by atoms with Crippen molar-refractivity contribution in [1.29, 1.82) is 0 Å². The summed E-state index contributed by atoms with van der Waals surface area (Å²) in [4.78, 5) is 13.0. The first-order valence-electron chi connectivity index (χ1n) is 9.39. The van der Waals surface area contributed by atoms with Gasteiger partial charge in [0.1, 0.15) is 0 Å². The first-order valence-corrected chi connectivity index (χ1v) is 10.8. The Morgan fingerprint density at radius 3 is 2.43 bits per heavy atom. The highest BCUT2D eigenvalue weighted by Gasteiger charge is 2.31. The molecule has 1 fully saturated rings. The number of nitrogens with two attached hydrogens (primary N) is 1. The Morgan fingerprint density at radius 1 is 1.32 bits per heavy atom. The lowest BCUT2D eigenvalue weighted by Gasteiger charge is -2.33. The van der Waals surface area contributed by atoms with Gasteiger partial charge in [0.2, 0.25) is 10.0 Å². The maximum absolute atomic E-state index is 13.1. The van der Waals surface area contributed by atoms with Gasteiger partial charge >= 0.3 is 0 Å². The summed E-state index contributed by atoms with van der Waals surface area (Å²) in [6, 6.07) is 4.87. The predicted octanol–water partition coefficient (Wildman–Crippen LogP) is 1.79. The van der Waals surface area contributed by atoms with Gasteiger partial charge in [-0.3, -0.25) is 4.79 Å². The number of carbonyl (C=O) groups excluding carboxylic acids is 1. The topological polar surface area (TPSA) is 102 Å².